The molecule has 0 N–H and O–H groups in total. The summed E-state index contributed by atoms with van der Waals surface area (Å²) >= 11 is 1.61. The van der Waals surface area contributed by atoms with E-state index < -0.39 is 0 Å². The van der Waals surface area contributed by atoms with E-state index in [-0.39, 0.29) is 5.82 Å². The average Bonchev–Trinajstić information content (AvgIpc) is 3.22. The molecular weight excluding hydrogens is 387 g/mol. The fourth-order valence-electron chi connectivity index (χ4n) is 4.02. The van der Waals surface area contributed by atoms with E-state index in [2.05, 4.69) is 36.9 Å². The van der Waals surface area contributed by atoms with E-state index in [0.29, 0.717) is 24.0 Å². The number of pyridine rings is 1. The molecule has 4 aromatic rings. The van der Waals surface area contributed by atoms with Gasteiger partial charge in [0.1, 0.15) is 28.9 Å². The van der Waals surface area contributed by atoms with E-state index in [9.17, 15) is 9.65 Å². The summed E-state index contributed by atoms with van der Waals surface area (Å²) in [4.78, 5) is 18.6. The summed E-state index contributed by atoms with van der Waals surface area (Å²) in [6.07, 6.45) is 3.20. The first-order valence-corrected chi connectivity index (χ1v) is 10.2. The molecule has 0 bridgehead atoms. The van der Waals surface area contributed by atoms with E-state index in [1.807, 2.05) is 12.3 Å². The second-order valence-electron chi connectivity index (χ2n) is 7.06. The van der Waals surface area contributed by atoms with Gasteiger partial charge in [-0.1, -0.05) is 0 Å². The zero-order chi connectivity index (χ0) is 20.0. The van der Waals surface area contributed by atoms with Gasteiger partial charge in [-0.05, 0) is 36.1 Å². The van der Waals surface area contributed by atoms with Crippen LogP contribution in [-0.2, 0) is 0 Å². The minimum atomic E-state index is -0.312. The van der Waals surface area contributed by atoms with Crippen molar-refractivity contribution >= 4 is 44.0 Å². The summed E-state index contributed by atoms with van der Waals surface area (Å²) in [6.45, 7) is 4.77. The number of aromatic nitrogens is 3. The topological polar surface area (TPSA) is 68.9 Å². The summed E-state index contributed by atoms with van der Waals surface area (Å²) in [5.41, 5.74) is 2.74. The molecule has 1 saturated heterocycles. The van der Waals surface area contributed by atoms with Gasteiger partial charge in [-0.15, -0.1) is 11.3 Å². The number of halogens is 1. The summed E-state index contributed by atoms with van der Waals surface area (Å²) in [5, 5.41) is 13.4. The third-order valence-electron chi connectivity index (χ3n) is 5.35. The van der Waals surface area contributed by atoms with Crippen LogP contribution in [0, 0.1) is 24.1 Å². The van der Waals surface area contributed by atoms with Crippen LogP contribution in [0.4, 0.5) is 15.9 Å². The maximum Gasteiger partial charge on any atom is 0.140 e. The van der Waals surface area contributed by atoms with E-state index in [4.69, 9.17) is 0 Å². The number of thiophene rings is 1. The molecule has 0 spiro atoms. The van der Waals surface area contributed by atoms with Gasteiger partial charge < -0.3 is 9.80 Å². The third kappa shape index (κ3) is 2.95. The Hall–Kier alpha value is -3.31. The highest BCUT2D eigenvalue weighted by atomic mass is 32.1. The van der Waals surface area contributed by atoms with E-state index in [0.717, 1.165) is 45.9 Å². The van der Waals surface area contributed by atoms with Crippen LogP contribution in [0.25, 0.3) is 21.1 Å². The molecule has 3 aromatic heterocycles. The van der Waals surface area contributed by atoms with E-state index in [1.165, 1.54) is 12.1 Å². The molecule has 5 rings (SSSR count). The predicted octanol–water partition coefficient (Wildman–Crippen LogP) is 3.89. The number of anilines is 2. The number of hydrogen-bond acceptors (Lipinski definition) is 7. The molecule has 8 heteroatoms. The Bertz CT molecular complexity index is 1270. The van der Waals surface area contributed by atoms with Crippen LogP contribution in [0.1, 0.15) is 11.1 Å². The monoisotopic (exact) mass is 404 g/mol. The van der Waals surface area contributed by atoms with Crippen LogP contribution in [0.2, 0.25) is 0 Å². The maximum absolute atomic E-state index is 14.1. The minimum absolute atomic E-state index is 0.312. The number of rotatable bonds is 2. The zero-order valence-corrected chi connectivity index (χ0v) is 16.6. The van der Waals surface area contributed by atoms with Gasteiger partial charge in [0.05, 0.1) is 22.2 Å². The summed E-state index contributed by atoms with van der Waals surface area (Å²) in [7, 11) is 0. The van der Waals surface area contributed by atoms with Gasteiger partial charge in [-0.3, -0.25) is 4.98 Å². The van der Waals surface area contributed by atoms with Gasteiger partial charge in [0.25, 0.3) is 0 Å². The Morgan fingerprint density at radius 2 is 1.86 bits per heavy atom. The van der Waals surface area contributed by atoms with Crippen molar-refractivity contribution in [3.8, 4) is 6.07 Å². The quantitative estimate of drug-likeness (QED) is 0.505. The van der Waals surface area contributed by atoms with E-state index >= 15 is 0 Å². The zero-order valence-electron chi connectivity index (χ0n) is 15.8. The number of fused-ring (bicyclic) bond motifs is 2. The molecule has 29 heavy (non-hydrogen) atoms. The number of piperazine rings is 1. The smallest absolute Gasteiger partial charge is 0.140 e. The molecule has 1 fully saturated rings. The third-order valence-corrected chi connectivity index (χ3v) is 6.18. The van der Waals surface area contributed by atoms with E-state index in [1.54, 1.807) is 23.9 Å². The van der Waals surface area contributed by atoms with Crippen LogP contribution in [-0.4, -0.2) is 41.1 Å². The molecule has 0 unspecified atom stereocenters. The van der Waals surface area contributed by atoms with Crippen molar-refractivity contribution in [1.29, 1.82) is 5.26 Å². The van der Waals surface area contributed by atoms with Crippen LogP contribution in [0.3, 0.4) is 0 Å². The molecule has 1 aliphatic rings. The number of nitriles is 1. The molecule has 0 atom stereocenters. The largest absolute Gasteiger partial charge is 0.366 e. The lowest BCUT2D eigenvalue weighted by Crippen LogP contribution is -2.47. The lowest BCUT2D eigenvalue weighted by Gasteiger charge is -2.37. The SMILES string of the molecule is Cc1cc(F)cc2c(N3CCN(c4ncnc5sccc45)CC3)c(C#N)cnc12. The van der Waals surface area contributed by atoms with Crippen molar-refractivity contribution in [2.75, 3.05) is 36.0 Å². The first-order chi connectivity index (χ1) is 14.2. The predicted molar refractivity (Wildman–Crippen MR) is 113 cm³/mol. The van der Waals surface area contributed by atoms with Gasteiger partial charge in [-0.2, -0.15) is 5.26 Å². The Labute approximate surface area is 170 Å². The second kappa shape index (κ2) is 6.94. The van der Waals surface area contributed by atoms with Crippen molar-refractivity contribution < 1.29 is 4.39 Å². The molecule has 144 valence electrons. The fraction of sp³-hybridized carbons (Fsp3) is 0.238. The molecule has 1 aromatic carbocycles. The molecule has 0 amide bonds. The number of hydrogen-bond donors (Lipinski definition) is 0. The van der Waals surface area contributed by atoms with Crippen LogP contribution in [0.15, 0.2) is 36.1 Å². The van der Waals surface area contributed by atoms with Crippen molar-refractivity contribution in [3.63, 3.8) is 0 Å². The highest BCUT2D eigenvalue weighted by Crippen LogP contribution is 2.33. The molecule has 6 nitrogen and oxygen atoms in total. The van der Waals surface area contributed by atoms with Gasteiger partial charge in [0.15, 0.2) is 0 Å². The number of benzene rings is 1. The first-order valence-electron chi connectivity index (χ1n) is 9.33. The highest BCUT2D eigenvalue weighted by molar-refractivity contribution is 7.16. The number of aryl methyl sites for hydroxylation is 1. The molecule has 0 radical (unpaired) electrons. The Kier molecular flexibility index (Phi) is 4.25. The van der Waals surface area contributed by atoms with Crippen molar-refractivity contribution in [1.82, 2.24) is 15.0 Å². The summed E-state index contributed by atoms with van der Waals surface area (Å²) < 4.78 is 14.1. The lowest BCUT2D eigenvalue weighted by atomic mass is 10.0. The maximum atomic E-state index is 14.1. The Balaban J connectivity index is 1.50. The van der Waals surface area contributed by atoms with Crippen LogP contribution < -0.4 is 9.80 Å². The van der Waals surface area contributed by atoms with Crippen molar-refractivity contribution in [3.05, 3.63) is 53.0 Å². The van der Waals surface area contributed by atoms with Gasteiger partial charge in [-0.25, -0.2) is 14.4 Å². The van der Waals surface area contributed by atoms with Gasteiger partial charge in [0.2, 0.25) is 0 Å². The molecular formula is C21H17FN6S. The van der Waals surface area contributed by atoms with Crippen LogP contribution >= 0.6 is 11.3 Å². The standard InChI is InChI=1S/C21H17FN6S/c1-13-8-15(22)9-17-18(13)24-11-14(10-23)19(17)27-3-5-28(6-4-27)20-16-2-7-29-21(16)26-12-25-20/h2,7-9,11-12H,3-6H2,1H3. The summed E-state index contributed by atoms with van der Waals surface area (Å²) in [5.74, 6) is 0.630. The van der Waals surface area contributed by atoms with Crippen LogP contribution in [0.5, 0.6) is 0 Å². The molecule has 0 saturated carbocycles. The van der Waals surface area contributed by atoms with Crippen molar-refractivity contribution in [2.45, 2.75) is 6.92 Å². The fourth-order valence-corrected chi connectivity index (χ4v) is 4.74. The average molecular weight is 404 g/mol. The molecule has 4 heterocycles. The normalized spacial score (nSPS) is 14.5. The van der Waals surface area contributed by atoms with Gasteiger partial charge >= 0.3 is 0 Å². The first kappa shape index (κ1) is 17.8. The minimum Gasteiger partial charge on any atom is -0.366 e. The highest BCUT2D eigenvalue weighted by Gasteiger charge is 2.24. The van der Waals surface area contributed by atoms with Crippen molar-refractivity contribution in [2.24, 2.45) is 0 Å². The number of nitrogens with zero attached hydrogens (tertiary/aromatic N) is 6. The lowest BCUT2D eigenvalue weighted by molar-refractivity contribution is 0.628. The Morgan fingerprint density at radius 1 is 1.07 bits per heavy atom. The molecule has 0 aliphatic carbocycles. The molecule has 1 aliphatic heterocycles. The van der Waals surface area contributed by atoms with Gasteiger partial charge in [0, 0.05) is 37.8 Å². The second-order valence-corrected chi connectivity index (χ2v) is 7.96. The summed E-state index contributed by atoms with van der Waals surface area (Å²) in [6, 6.07) is 7.24. The Morgan fingerprint density at radius 3 is 2.66 bits per heavy atom.